The second-order valence-electron chi connectivity index (χ2n) is 3.42. The van der Waals surface area contributed by atoms with Gasteiger partial charge in [0.25, 0.3) is 0 Å². The number of aromatic nitrogens is 2. The van der Waals surface area contributed by atoms with Gasteiger partial charge in [0.15, 0.2) is 0 Å². The number of nitrogens with zero attached hydrogens (tertiary/aromatic N) is 2. The molecule has 0 aliphatic carbocycles. The van der Waals surface area contributed by atoms with E-state index in [1.807, 2.05) is 18.2 Å². The molecule has 0 fully saturated rings. The molecule has 2 aromatic rings. The van der Waals surface area contributed by atoms with E-state index in [1.165, 1.54) is 0 Å². The van der Waals surface area contributed by atoms with Crippen LogP contribution in [0.4, 0.5) is 0 Å². The van der Waals surface area contributed by atoms with Crippen LogP contribution in [0.2, 0.25) is 0 Å². The monoisotopic (exact) mass is 378 g/mol. The predicted octanol–water partition coefficient (Wildman–Crippen LogP) is 4.43. The lowest BCUT2D eigenvalue weighted by molar-refractivity contribution is 0.502. The lowest BCUT2D eigenvalue weighted by atomic mass is 10.2. The SMILES string of the molecule is ClCCCc1nnc(-c2cc(Br)ccc2Br)o1. The lowest BCUT2D eigenvalue weighted by Crippen LogP contribution is -1.85. The fraction of sp³-hybridized carbons (Fsp3) is 0.273. The van der Waals surface area contributed by atoms with Crippen molar-refractivity contribution < 1.29 is 4.42 Å². The quantitative estimate of drug-likeness (QED) is 0.737. The van der Waals surface area contributed by atoms with Crippen LogP contribution in [0.5, 0.6) is 0 Å². The zero-order valence-electron chi connectivity index (χ0n) is 8.79. The topological polar surface area (TPSA) is 38.9 Å². The summed E-state index contributed by atoms with van der Waals surface area (Å²) in [6.45, 7) is 0. The van der Waals surface area contributed by atoms with E-state index in [0.29, 0.717) is 24.1 Å². The molecule has 1 aromatic carbocycles. The van der Waals surface area contributed by atoms with E-state index in [1.54, 1.807) is 0 Å². The average molecular weight is 380 g/mol. The first-order valence-corrected chi connectivity index (χ1v) is 7.16. The number of halogens is 3. The molecule has 2 rings (SSSR count). The summed E-state index contributed by atoms with van der Waals surface area (Å²) in [4.78, 5) is 0. The Bertz CT molecular complexity index is 516. The fourth-order valence-corrected chi connectivity index (χ4v) is 2.25. The van der Waals surface area contributed by atoms with Crippen molar-refractivity contribution in [1.29, 1.82) is 0 Å². The van der Waals surface area contributed by atoms with Crippen LogP contribution < -0.4 is 0 Å². The van der Waals surface area contributed by atoms with Crippen molar-refractivity contribution in [3.05, 3.63) is 33.0 Å². The minimum absolute atomic E-state index is 0.516. The Kier molecular flexibility index (Phi) is 4.59. The van der Waals surface area contributed by atoms with Crippen LogP contribution in [0.3, 0.4) is 0 Å². The Morgan fingerprint density at radius 1 is 1.24 bits per heavy atom. The summed E-state index contributed by atoms with van der Waals surface area (Å²) in [5, 5.41) is 8.02. The summed E-state index contributed by atoms with van der Waals surface area (Å²) >= 11 is 12.5. The summed E-state index contributed by atoms with van der Waals surface area (Å²) in [5.41, 5.74) is 0.879. The highest BCUT2D eigenvalue weighted by atomic mass is 79.9. The Hall–Kier alpha value is -0.390. The van der Waals surface area contributed by atoms with Gasteiger partial charge in [0.2, 0.25) is 11.8 Å². The van der Waals surface area contributed by atoms with Crippen LogP contribution in [0.25, 0.3) is 11.5 Å². The summed E-state index contributed by atoms with van der Waals surface area (Å²) in [6.07, 6.45) is 1.55. The first-order chi connectivity index (χ1) is 8.20. The molecule has 0 N–H and O–H groups in total. The molecule has 0 spiro atoms. The summed E-state index contributed by atoms with van der Waals surface area (Å²) in [6, 6.07) is 5.81. The molecule has 0 bridgehead atoms. The Labute approximate surface area is 121 Å². The first kappa shape index (κ1) is 13.1. The molecule has 3 nitrogen and oxygen atoms in total. The van der Waals surface area contributed by atoms with Crippen LogP contribution in [0, 0.1) is 0 Å². The fourth-order valence-electron chi connectivity index (χ4n) is 1.34. The van der Waals surface area contributed by atoms with Gasteiger partial charge in [0.05, 0.1) is 5.56 Å². The van der Waals surface area contributed by atoms with E-state index in [9.17, 15) is 0 Å². The number of benzene rings is 1. The molecule has 90 valence electrons. The molecule has 0 unspecified atom stereocenters. The van der Waals surface area contributed by atoms with E-state index < -0.39 is 0 Å². The number of alkyl halides is 1. The van der Waals surface area contributed by atoms with Crippen molar-refractivity contribution in [3.63, 3.8) is 0 Å². The lowest BCUT2D eigenvalue weighted by Gasteiger charge is -1.99. The summed E-state index contributed by atoms with van der Waals surface area (Å²) in [5.74, 6) is 1.73. The van der Waals surface area contributed by atoms with Crippen LogP contribution in [0.15, 0.2) is 31.6 Å². The van der Waals surface area contributed by atoms with Gasteiger partial charge in [-0.25, -0.2) is 0 Å². The van der Waals surface area contributed by atoms with Gasteiger partial charge in [-0.2, -0.15) is 0 Å². The third-order valence-electron chi connectivity index (χ3n) is 2.15. The second kappa shape index (κ2) is 5.98. The Balaban J connectivity index is 2.27. The number of hydrogen-bond acceptors (Lipinski definition) is 3. The van der Waals surface area contributed by atoms with Gasteiger partial charge in [-0.15, -0.1) is 21.8 Å². The van der Waals surface area contributed by atoms with Crippen molar-refractivity contribution >= 4 is 43.5 Å². The number of rotatable bonds is 4. The maximum absolute atomic E-state index is 5.62. The van der Waals surface area contributed by atoms with Crippen molar-refractivity contribution in [2.24, 2.45) is 0 Å². The second-order valence-corrected chi connectivity index (χ2v) is 5.57. The van der Waals surface area contributed by atoms with Gasteiger partial charge in [-0.1, -0.05) is 15.9 Å². The third-order valence-corrected chi connectivity index (χ3v) is 3.60. The molecule has 0 saturated carbocycles. The van der Waals surface area contributed by atoms with Crippen molar-refractivity contribution in [3.8, 4) is 11.5 Å². The van der Waals surface area contributed by atoms with Crippen molar-refractivity contribution in [2.45, 2.75) is 12.8 Å². The Morgan fingerprint density at radius 3 is 2.82 bits per heavy atom. The van der Waals surface area contributed by atoms with Crippen molar-refractivity contribution in [1.82, 2.24) is 10.2 Å². The molecule has 0 aliphatic rings. The van der Waals surface area contributed by atoms with Crippen molar-refractivity contribution in [2.75, 3.05) is 5.88 Å². The molecule has 1 aromatic heterocycles. The molecular formula is C11H9Br2ClN2O. The minimum Gasteiger partial charge on any atom is -0.421 e. The van der Waals surface area contributed by atoms with Gasteiger partial charge in [0.1, 0.15) is 0 Å². The normalized spacial score (nSPS) is 10.8. The maximum Gasteiger partial charge on any atom is 0.248 e. The average Bonchev–Trinajstić information content (AvgIpc) is 2.78. The summed E-state index contributed by atoms with van der Waals surface area (Å²) in [7, 11) is 0. The van der Waals surface area contributed by atoms with E-state index >= 15 is 0 Å². The molecule has 0 radical (unpaired) electrons. The van der Waals surface area contributed by atoms with Crippen LogP contribution in [0.1, 0.15) is 12.3 Å². The highest BCUT2D eigenvalue weighted by Gasteiger charge is 2.11. The van der Waals surface area contributed by atoms with E-state index in [2.05, 4.69) is 42.1 Å². The first-order valence-electron chi connectivity index (χ1n) is 5.04. The van der Waals surface area contributed by atoms with Gasteiger partial charge >= 0.3 is 0 Å². The maximum atomic E-state index is 5.62. The summed E-state index contributed by atoms with van der Waals surface area (Å²) < 4.78 is 7.47. The van der Waals surface area contributed by atoms with Gasteiger partial charge in [0, 0.05) is 21.2 Å². The van der Waals surface area contributed by atoms with E-state index in [0.717, 1.165) is 20.9 Å². The van der Waals surface area contributed by atoms with Crippen LogP contribution in [-0.4, -0.2) is 16.1 Å². The molecule has 17 heavy (non-hydrogen) atoms. The molecule has 6 heteroatoms. The van der Waals surface area contributed by atoms with E-state index in [-0.39, 0.29) is 0 Å². The smallest absolute Gasteiger partial charge is 0.248 e. The highest BCUT2D eigenvalue weighted by Crippen LogP contribution is 2.30. The molecular weight excluding hydrogens is 371 g/mol. The number of aryl methyl sites for hydroxylation is 1. The zero-order chi connectivity index (χ0) is 12.3. The third kappa shape index (κ3) is 3.30. The Morgan fingerprint density at radius 2 is 2.06 bits per heavy atom. The molecule has 1 heterocycles. The highest BCUT2D eigenvalue weighted by molar-refractivity contribution is 9.11. The van der Waals surface area contributed by atoms with Gasteiger partial charge in [-0.3, -0.25) is 0 Å². The van der Waals surface area contributed by atoms with Crippen LogP contribution in [-0.2, 0) is 6.42 Å². The standard InChI is InChI=1S/C11H9Br2ClN2O/c12-7-3-4-9(13)8(6-7)11-16-15-10(17-11)2-1-5-14/h3-4,6H,1-2,5H2. The van der Waals surface area contributed by atoms with Gasteiger partial charge in [-0.05, 0) is 40.5 Å². The molecule has 0 amide bonds. The van der Waals surface area contributed by atoms with Crippen LogP contribution >= 0.6 is 43.5 Å². The molecule has 0 atom stereocenters. The number of hydrogen-bond donors (Lipinski definition) is 0. The predicted molar refractivity (Wildman–Crippen MR) is 74.2 cm³/mol. The van der Waals surface area contributed by atoms with E-state index in [4.69, 9.17) is 16.0 Å². The zero-order valence-corrected chi connectivity index (χ0v) is 12.7. The largest absolute Gasteiger partial charge is 0.421 e. The van der Waals surface area contributed by atoms with Gasteiger partial charge < -0.3 is 4.42 Å². The molecule has 0 saturated heterocycles. The minimum atomic E-state index is 0.516. The molecule has 0 aliphatic heterocycles.